The fourth-order valence-corrected chi connectivity index (χ4v) is 4.63. The minimum atomic E-state index is -0.380. The van der Waals surface area contributed by atoms with E-state index < -0.39 is 0 Å². The molecule has 0 aliphatic carbocycles. The number of hydrogen-bond acceptors (Lipinski definition) is 2. The fraction of sp³-hybridized carbons (Fsp3) is 0.0667. The highest BCUT2D eigenvalue weighted by Gasteiger charge is 2.35. The zero-order valence-electron chi connectivity index (χ0n) is 17.5. The Morgan fingerprint density at radius 2 is 0.562 bits per heavy atom. The molecule has 5 rings (SSSR count). The summed E-state index contributed by atoms with van der Waals surface area (Å²) in [5, 5.41) is 0. The van der Waals surface area contributed by atoms with Crippen molar-refractivity contribution >= 4 is 0 Å². The molecule has 0 aromatic heterocycles. The molecule has 0 heterocycles. The third kappa shape index (κ3) is 3.50. The highest BCUT2D eigenvalue weighted by Crippen LogP contribution is 2.38. The highest BCUT2D eigenvalue weighted by atomic mass is 16.2. The van der Waals surface area contributed by atoms with Crippen molar-refractivity contribution in [2.75, 3.05) is 0 Å². The van der Waals surface area contributed by atoms with Crippen LogP contribution in [0.1, 0.15) is 45.2 Å². The Bertz CT molecular complexity index is 1190. The molecule has 0 fully saturated rings. The Labute approximate surface area is 187 Å². The second kappa shape index (κ2) is 8.60. The lowest BCUT2D eigenvalue weighted by Gasteiger charge is -2.27. The van der Waals surface area contributed by atoms with Crippen molar-refractivity contribution in [3.8, 4) is 0 Å². The predicted octanol–water partition coefficient (Wildman–Crippen LogP) is 5.64. The van der Waals surface area contributed by atoms with E-state index in [4.69, 9.17) is 0 Å². The summed E-state index contributed by atoms with van der Waals surface area (Å²) >= 11 is 0. The lowest BCUT2D eigenvalue weighted by atomic mass is 9.73. The molecule has 0 N–H and O–H groups in total. The lowest BCUT2D eigenvalue weighted by molar-refractivity contribution is 0.847. The first-order valence-electron chi connectivity index (χ1n) is 10.8. The van der Waals surface area contributed by atoms with Gasteiger partial charge >= 0.3 is 0 Å². The summed E-state index contributed by atoms with van der Waals surface area (Å²) in [6.07, 6.45) is 0. The highest BCUT2D eigenvalue weighted by molar-refractivity contribution is 5.55. The van der Waals surface area contributed by atoms with Crippen LogP contribution in [0.3, 0.4) is 0 Å². The quantitative estimate of drug-likeness (QED) is 0.337. The second-order valence-corrected chi connectivity index (χ2v) is 7.99. The summed E-state index contributed by atoms with van der Waals surface area (Å²) in [6, 6.07) is 39.9. The zero-order chi connectivity index (χ0) is 21.9. The average molecular weight is 415 g/mol. The zero-order valence-corrected chi connectivity index (χ0v) is 17.5. The van der Waals surface area contributed by atoms with E-state index in [-0.39, 0.29) is 22.7 Å². The largest absolute Gasteiger partial charge is 0.285 e. The van der Waals surface area contributed by atoms with Crippen LogP contribution in [0.15, 0.2) is 131 Å². The van der Waals surface area contributed by atoms with E-state index in [0.29, 0.717) is 11.1 Å². The van der Waals surface area contributed by atoms with Gasteiger partial charge in [0, 0.05) is 23.0 Å². The molecule has 0 radical (unpaired) electrons. The first-order chi connectivity index (χ1) is 15.8. The van der Waals surface area contributed by atoms with Gasteiger partial charge < -0.3 is 0 Å². The van der Waals surface area contributed by atoms with E-state index in [9.17, 15) is 9.59 Å². The van der Waals surface area contributed by atoms with Gasteiger partial charge in [-0.3, -0.25) is 9.59 Å². The van der Waals surface area contributed by atoms with Gasteiger partial charge in [0.05, 0.1) is 0 Å². The molecule has 0 saturated heterocycles. The summed E-state index contributed by atoms with van der Waals surface area (Å²) in [5.74, 6) is -0.569. The third-order valence-electron chi connectivity index (χ3n) is 6.09. The van der Waals surface area contributed by atoms with Crippen molar-refractivity contribution < 1.29 is 0 Å². The van der Waals surface area contributed by atoms with Gasteiger partial charge in [0.15, 0.2) is 0 Å². The topological polar surface area (TPSA) is 34.1 Å². The first kappa shape index (κ1) is 19.9. The van der Waals surface area contributed by atoms with Crippen LogP contribution in [-0.4, -0.2) is 0 Å². The summed E-state index contributed by atoms with van der Waals surface area (Å²) in [4.78, 5) is 26.2. The van der Waals surface area contributed by atoms with E-state index in [0.717, 1.165) is 22.3 Å². The van der Waals surface area contributed by atoms with Crippen molar-refractivity contribution in [2.45, 2.75) is 11.8 Å². The van der Waals surface area contributed by atoms with Gasteiger partial charge in [-0.15, -0.1) is 0 Å². The smallest absolute Gasteiger partial charge is 0.230 e. The molecule has 0 aliphatic rings. The molecule has 5 aromatic carbocycles. The molecule has 5 aromatic rings. The standard InChI is InChI=1S/C30H22O2/c31-29-27(25(21-13-5-1-6-14-21)22-15-7-2-8-16-22)28(30(29)32)26(23-17-9-3-10-18-23)24-19-11-4-12-20-24/h1-20,25-26H. The molecule has 0 atom stereocenters. The Kier molecular flexibility index (Phi) is 5.35. The SMILES string of the molecule is O=c1c(C(c2ccccc2)c2ccccc2)c(C(c2ccccc2)c2ccccc2)c1=O. The second-order valence-electron chi connectivity index (χ2n) is 7.99. The number of rotatable bonds is 6. The van der Waals surface area contributed by atoms with Crippen LogP contribution in [0.5, 0.6) is 0 Å². The molecule has 0 bridgehead atoms. The summed E-state index contributed by atoms with van der Waals surface area (Å²) in [5.41, 5.74) is 4.47. The Morgan fingerprint density at radius 1 is 0.344 bits per heavy atom. The van der Waals surface area contributed by atoms with Gasteiger partial charge in [-0.25, -0.2) is 0 Å². The van der Waals surface area contributed by atoms with Crippen molar-refractivity contribution in [1.29, 1.82) is 0 Å². The molecular formula is C30H22O2. The summed E-state index contributed by atoms with van der Waals surface area (Å²) in [6.45, 7) is 0. The van der Waals surface area contributed by atoms with Crippen LogP contribution in [-0.2, 0) is 0 Å². The van der Waals surface area contributed by atoms with Crippen LogP contribution >= 0.6 is 0 Å². The van der Waals surface area contributed by atoms with E-state index in [1.54, 1.807) is 0 Å². The molecule has 0 saturated carbocycles. The lowest BCUT2D eigenvalue weighted by Crippen LogP contribution is -2.43. The minimum absolute atomic E-state index is 0.285. The van der Waals surface area contributed by atoms with Crippen LogP contribution in [0.2, 0.25) is 0 Å². The van der Waals surface area contributed by atoms with Crippen LogP contribution in [0, 0.1) is 0 Å². The van der Waals surface area contributed by atoms with Gasteiger partial charge in [-0.1, -0.05) is 121 Å². The Hall–Kier alpha value is -4.04. The van der Waals surface area contributed by atoms with E-state index in [1.165, 1.54) is 0 Å². The fourth-order valence-electron chi connectivity index (χ4n) is 4.63. The first-order valence-corrected chi connectivity index (χ1v) is 10.8. The third-order valence-corrected chi connectivity index (χ3v) is 6.09. The molecule has 0 unspecified atom stereocenters. The van der Waals surface area contributed by atoms with Gasteiger partial charge in [0.2, 0.25) is 10.9 Å². The Balaban J connectivity index is 1.76. The van der Waals surface area contributed by atoms with Crippen molar-refractivity contribution in [3.05, 3.63) is 175 Å². The van der Waals surface area contributed by atoms with Crippen LogP contribution in [0.4, 0.5) is 0 Å². The monoisotopic (exact) mass is 414 g/mol. The van der Waals surface area contributed by atoms with Gasteiger partial charge in [-0.2, -0.15) is 0 Å². The van der Waals surface area contributed by atoms with E-state index >= 15 is 0 Å². The average Bonchev–Trinajstić information content (AvgIpc) is 2.88. The van der Waals surface area contributed by atoms with Crippen molar-refractivity contribution in [2.24, 2.45) is 0 Å². The van der Waals surface area contributed by atoms with E-state index in [2.05, 4.69) is 0 Å². The van der Waals surface area contributed by atoms with E-state index in [1.807, 2.05) is 121 Å². The number of benzene rings is 4. The van der Waals surface area contributed by atoms with Crippen LogP contribution in [0.25, 0.3) is 0 Å². The molecular weight excluding hydrogens is 392 g/mol. The maximum Gasteiger partial charge on any atom is 0.230 e. The molecule has 154 valence electrons. The van der Waals surface area contributed by atoms with Gasteiger partial charge in [0.1, 0.15) is 0 Å². The molecule has 0 spiro atoms. The molecule has 2 nitrogen and oxygen atoms in total. The van der Waals surface area contributed by atoms with Crippen molar-refractivity contribution in [3.63, 3.8) is 0 Å². The Morgan fingerprint density at radius 3 is 0.781 bits per heavy atom. The maximum atomic E-state index is 13.1. The molecule has 32 heavy (non-hydrogen) atoms. The maximum absolute atomic E-state index is 13.1. The van der Waals surface area contributed by atoms with Gasteiger partial charge in [0.25, 0.3) is 0 Å². The normalized spacial score (nSPS) is 11.3. The summed E-state index contributed by atoms with van der Waals surface area (Å²) in [7, 11) is 0. The molecule has 0 amide bonds. The molecule has 2 heteroatoms. The molecule has 0 aliphatic heterocycles. The predicted molar refractivity (Wildman–Crippen MR) is 129 cm³/mol. The number of hydrogen-bond donors (Lipinski definition) is 0. The van der Waals surface area contributed by atoms with Crippen molar-refractivity contribution in [1.82, 2.24) is 0 Å². The summed E-state index contributed by atoms with van der Waals surface area (Å²) < 4.78 is 0. The minimum Gasteiger partial charge on any atom is -0.285 e. The van der Waals surface area contributed by atoms with Gasteiger partial charge in [-0.05, 0) is 22.3 Å². The van der Waals surface area contributed by atoms with Crippen LogP contribution < -0.4 is 10.9 Å².